The lowest BCUT2D eigenvalue weighted by Crippen LogP contribution is -2.29. The Morgan fingerprint density at radius 3 is 2.57 bits per heavy atom. The molecular weight excluding hydrogens is 258 g/mol. The van der Waals surface area contributed by atoms with Gasteiger partial charge in [-0.15, -0.1) is 0 Å². The summed E-state index contributed by atoms with van der Waals surface area (Å²) in [5.74, 6) is 0. The summed E-state index contributed by atoms with van der Waals surface area (Å²) in [6.45, 7) is 4.31. The monoisotopic (exact) mass is 289 g/mol. The molecule has 1 aromatic rings. The van der Waals surface area contributed by atoms with E-state index in [1.54, 1.807) is 7.11 Å². The molecule has 1 atom stereocenters. The number of unbranched alkanes of at least 4 members (excludes halogenated alkanes) is 2. The van der Waals surface area contributed by atoms with Gasteiger partial charge in [-0.3, -0.25) is 0 Å². The van der Waals surface area contributed by atoms with Crippen molar-refractivity contribution < 1.29 is 4.74 Å². The number of hydrogen-bond acceptors (Lipinski definition) is 2. The highest BCUT2D eigenvalue weighted by Crippen LogP contribution is 2.48. The number of benzene rings is 1. The first kappa shape index (κ1) is 16.5. The molecule has 0 bridgehead atoms. The molecular formula is C19H31NO. The lowest BCUT2D eigenvalue weighted by Gasteiger charge is -2.23. The van der Waals surface area contributed by atoms with Crippen LogP contribution in [0, 0.1) is 5.41 Å². The summed E-state index contributed by atoms with van der Waals surface area (Å²) < 4.78 is 5.26. The van der Waals surface area contributed by atoms with Crippen LogP contribution in [0.25, 0.3) is 0 Å². The lowest BCUT2D eigenvalue weighted by molar-refractivity contribution is 0.170. The average Bonchev–Trinajstić information content (AvgIpc) is 3.30. The van der Waals surface area contributed by atoms with Crippen LogP contribution in [0.2, 0.25) is 0 Å². The molecule has 1 fully saturated rings. The van der Waals surface area contributed by atoms with Gasteiger partial charge < -0.3 is 10.1 Å². The fraction of sp³-hybridized carbons (Fsp3) is 0.684. The summed E-state index contributed by atoms with van der Waals surface area (Å²) in [5, 5.41) is 3.85. The number of nitrogens with one attached hydrogen (secondary N) is 1. The van der Waals surface area contributed by atoms with E-state index in [-0.39, 0.29) is 0 Å². The van der Waals surface area contributed by atoms with Crippen molar-refractivity contribution in [1.29, 1.82) is 0 Å². The van der Waals surface area contributed by atoms with Crippen molar-refractivity contribution in [3.8, 4) is 0 Å². The van der Waals surface area contributed by atoms with Crippen molar-refractivity contribution in [3.63, 3.8) is 0 Å². The topological polar surface area (TPSA) is 21.3 Å². The van der Waals surface area contributed by atoms with E-state index in [9.17, 15) is 0 Å². The van der Waals surface area contributed by atoms with Crippen LogP contribution in [0.5, 0.6) is 0 Å². The molecule has 2 rings (SSSR count). The van der Waals surface area contributed by atoms with E-state index in [0.29, 0.717) is 11.5 Å². The van der Waals surface area contributed by atoms with Gasteiger partial charge in [-0.1, -0.05) is 56.5 Å². The molecule has 118 valence electrons. The molecule has 2 heteroatoms. The quantitative estimate of drug-likeness (QED) is 0.595. The SMILES string of the molecule is CCCCCC(NCC1(CCOC)CC1)c1ccccc1. The Kier molecular flexibility index (Phi) is 6.72. The lowest BCUT2D eigenvalue weighted by atomic mass is 9.97. The van der Waals surface area contributed by atoms with Crippen LogP contribution in [0.3, 0.4) is 0 Å². The Hall–Kier alpha value is -0.860. The molecule has 2 nitrogen and oxygen atoms in total. The van der Waals surface area contributed by atoms with Crippen molar-refractivity contribution in [2.24, 2.45) is 5.41 Å². The second kappa shape index (κ2) is 8.55. The van der Waals surface area contributed by atoms with Gasteiger partial charge in [0.2, 0.25) is 0 Å². The van der Waals surface area contributed by atoms with Gasteiger partial charge in [-0.2, -0.15) is 0 Å². The zero-order valence-corrected chi connectivity index (χ0v) is 13.7. The van der Waals surface area contributed by atoms with Crippen molar-refractivity contribution in [2.75, 3.05) is 20.3 Å². The Labute approximate surface area is 130 Å². The van der Waals surface area contributed by atoms with Gasteiger partial charge in [0, 0.05) is 26.3 Å². The third-order valence-corrected chi connectivity index (χ3v) is 4.82. The normalized spacial score (nSPS) is 17.6. The number of methoxy groups -OCH3 is 1. The van der Waals surface area contributed by atoms with Crippen molar-refractivity contribution in [1.82, 2.24) is 5.32 Å². The minimum atomic E-state index is 0.512. The van der Waals surface area contributed by atoms with Crippen LogP contribution in [-0.4, -0.2) is 20.3 Å². The predicted octanol–water partition coefficient (Wildman–Crippen LogP) is 4.71. The Morgan fingerprint density at radius 2 is 1.95 bits per heavy atom. The van der Waals surface area contributed by atoms with Crippen LogP contribution in [-0.2, 0) is 4.74 Å². The van der Waals surface area contributed by atoms with Crippen molar-refractivity contribution in [2.45, 2.75) is 57.9 Å². The standard InChI is InChI=1S/C19H31NO/c1-3-4-6-11-18(17-9-7-5-8-10-17)20-16-19(12-13-19)14-15-21-2/h5,7-10,18,20H,3-4,6,11-16H2,1-2H3. The zero-order chi connectivity index (χ0) is 15.0. The second-order valence-electron chi connectivity index (χ2n) is 6.58. The summed E-state index contributed by atoms with van der Waals surface area (Å²) in [6, 6.07) is 11.4. The number of rotatable bonds is 11. The molecule has 1 unspecified atom stereocenters. The molecule has 0 spiro atoms. The largest absolute Gasteiger partial charge is 0.385 e. The molecule has 1 aliphatic carbocycles. The van der Waals surface area contributed by atoms with Gasteiger partial charge in [0.25, 0.3) is 0 Å². The molecule has 1 aromatic carbocycles. The third kappa shape index (κ3) is 5.44. The number of ether oxygens (including phenoxy) is 1. The predicted molar refractivity (Wildman–Crippen MR) is 89.5 cm³/mol. The van der Waals surface area contributed by atoms with Gasteiger partial charge in [-0.25, -0.2) is 0 Å². The molecule has 0 aromatic heterocycles. The smallest absolute Gasteiger partial charge is 0.0468 e. The van der Waals surface area contributed by atoms with E-state index >= 15 is 0 Å². The Bertz CT molecular complexity index is 386. The molecule has 0 radical (unpaired) electrons. The van der Waals surface area contributed by atoms with Gasteiger partial charge in [0.15, 0.2) is 0 Å². The maximum atomic E-state index is 5.26. The van der Waals surface area contributed by atoms with Gasteiger partial charge in [-0.05, 0) is 36.7 Å². The van der Waals surface area contributed by atoms with E-state index in [1.165, 1.54) is 50.5 Å². The highest BCUT2D eigenvalue weighted by Gasteiger charge is 2.41. The zero-order valence-electron chi connectivity index (χ0n) is 13.7. The average molecular weight is 289 g/mol. The van der Waals surface area contributed by atoms with Crippen LogP contribution < -0.4 is 5.32 Å². The van der Waals surface area contributed by atoms with Crippen LogP contribution >= 0.6 is 0 Å². The molecule has 1 N–H and O–H groups in total. The molecule has 21 heavy (non-hydrogen) atoms. The molecule has 0 aliphatic heterocycles. The van der Waals surface area contributed by atoms with Gasteiger partial charge in [0.05, 0.1) is 0 Å². The van der Waals surface area contributed by atoms with Gasteiger partial charge >= 0.3 is 0 Å². The first-order chi connectivity index (χ1) is 10.3. The number of hydrogen-bond donors (Lipinski definition) is 1. The summed E-state index contributed by atoms with van der Waals surface area (Å²) in [6.07, 6.45) is 9.11. The Morgan fingerprint density at radius 1 is 1.19 bits per heavy atom. The van der Waals surface area contributed by atoms with E-state index < -0.39 is 0 Å². The maximum Gasteiger partial charge on any atom is 0.0468 e. The first-order valence-electron chi connectivity index (χ1n) is 8.57. The van der Waals surface area contributed by atoms with E-state index in [1.807, 2.05) is 0 Å². The molecule has 0 saturated heterocycles. The van der Waals surface area contributed by atoms with Crippen LogP contribution in [0.4, 0.5) is 0 Å². The fourth-order valence-corrected chi connectivity index (χ4v) is 3.02. The second-order valence-corrected chi connectivity index (χ2v) is 6.58. The summed E-state index contributed by atoms with van der Waals surface area (Å²) >= 11 is 0. The Balaban J connectivity index is 1.87. The maximum absolute atomic E-state index is 5.26. The van der Waals surface area contributed by atoms with Gasteiger partial charge in [0.1, 0.15) is 0 Å². The molecule has 0 amide bonds. The molecule has 0 heterocycles. The summed E-state index contributed by atoms with van der Waals surface area (Å²) in [7, 11) is 1.81. The molecule has 1 aliphatic rings. The van der Waals surface area contributed by atoms with Crippen LogP contribution in [0.1, 0.15) is 63.5 Å². The minimum Gasteiger partial charge on any atom is -0.385 e. The van der Waals surface area contributed by atoms with E-state index in [0.717, 1.165) is 13.2 Å². The van der Waals surface area contributed by atoms with Crippen molar-refractivity contribution in [3.05, 3.63) is 35.9 Å². The highest BCUT2D eigenvalue weighted by molar-refractivity contribution is 5.19. The fourth-order valence-electron chi connectivity index (χ4n) is 3.02. The molecule has 1 saturated carbocycles. The summed E-state index contributed by atoms with van der Waals surface area (Å²) in [5.41, 5.74) is 1.96. The van der Waals surface area contributed by atoms with E-state index in [2.05, 4.69) is 42.6 Å². The summed E-state index contributed by atoms with van der Waals surface area (Å²) in [4.78, 5) is 0. The van der Waals surface area contributed by atoms with E-state index in [4.69, 9.17) is 4.74 Å². The minimum absolute atomic E-state index is 0.512. The third-order valence-electron chi connectivity index (χ3n) is 4.82. The highest BCUT2D eigenvalue weighted by atomic mass is 16.5. The van der Waals surface area contributed by atoms with Crippen molar-refractivity contribution >= 4 is 0 Å². The van der Waals surface area contributed by atoms with Crippen LogP contribution in [0.15, 0.2) is 30.3 Å². The first-order valence-corrected chi connectivity index (χ1v) is 8.57.